The smallest absolute Gasteiger partial charge is 0.268 e. The molecule has 0 saturated carbocycles. The van der Waals surface area contributed by atoms with Crippen LogP contribution in [-0.4, -0.2) is 46.7 Å². The summed E-state index contributed by atoms with van der Waals surface area (Å²) in [4.78, 5) is 19.4. The number of hydrogen-bond acceptors (Lipinski definition) is 6. The Morgan fingerprint density at radius 3 is 2.87 bits per heavy atom. The first-order valence-corrected chi connectivity index (χ1v) is 11.0. The maximum Gasteiger partial charge on any atom is 0.268 e. The molecule has 9 heteroatoms. The van der Waals surface area contributed by atoms with Gasteiger partial charge >= 0.3 is 0 Å². The summed E-state index contributed by atoms with van der Waals surface area (Å²) < 4.78 is 1.83. The average Bonchev–Trinajstić information content (AvgIpc) is 3.49. The van der Waals surface area contributed by atoms with Gasteiger partial charge in [0.1, 0.15) is 0 Å². The first kappa shape index (κ1) is 19.6. The van der Waals surface area contributed by atoms with Crippen molar-refractivity contribution in [3.8, 4) is 5.69 Å². The van der Waals surface area contributed by atoms with Crippen molar-refractivity contribution >= 4 is 57.1 Å². The Morgan fingerprint density at radius 2 is 2.06 bits per heavy atom. The molecule has 1 amide bonds. The number of likely N-dealkylation sites (N-methyl/N-ethyl adjacent to an activating group) is 1. The van der Waals surface area contributed by atoms with Gasteiger partial charge in [-0.15, -0.1) is 11.3 Å². The van der Waals surface area contributed by atoms with Gasteiger partial charge in [0.05, 0.1) is 39.5 Å². The summed E-state index contributed by atoms with van der Waals surface area (Å²) >= 11 is 7.63. The maximum absolute atomic E-state index is 12.6. The van der Waals surface area contributed by atoms with Crippen LogP contribution in [0.4, 0.5) is 11.4 Å². The number of carbonyl (C=O) groups excluding carboxylic acids is 1. The van der Waals surface area contributed by atoms with Crippen LogP contribution in [0.3, 0.4) is 0 Å². The summed E-state index contributed by atoms with van der Waals surface area (Å²) in [5, 5.41) is 14.3. The lowest BCUT2D eigenvalue weighted by Gasteiger charge is -2.13. The monoisotopic (exact) mass is 450 g/mol. The van der Waals surface area contributed by atoms with Crippen LogP contribution in [-0.2, 0) is 0 Å². The summed E-state index contributed by atoms with van der Waals surface area (Å²) in [6.07, 6.45) is 1.81. The van der Waals surface area contributed by atoms with Crippen molar-refractivity contribution in [2.24, 2.45) is 4.99 Å². The molecule has 2 aromatic heterocycles. The fraction of sp³-hybridized carbons (Fsp3) is 0.136. The Labute approximate surface area is 188 Å². The Morgan fingerprint density at radius 1 is 1.19 bits per heavy atom. The van der Waals surface area contributed by atoms with Gasteiger partial charge in [-0.1, -0.05) is 23.7 Å². The molecular formula is C22H19ClN6OS. The highest BCUT2D eigenvalue weighted by molar-refractivity contribution is 7.12. The second kappa shape index (κ2) is 8.05. The summed E-state index contributed by atoms with van der Waals surface area (Å²) in [5.41, 5.74) is 3.57. The number of rotatable bonds is 4. The first-order chi connectivity index (χ1) is 15.1. The molecule has 0 saturated heterocycles. The van der Waals surface area contributed by atoms with E-state index in [-0.39, 0.29) is 5.91 Å². The van der Waals surface area contributed by atoms with Crippen molar-refractivity contribution in [1.29, 1.82) is 0 Å². The molecule has 0 aliphatic carbocycles. The van der Waals surface area contributed by atoms with Crippen molar-refractivity contribution in [2.75, 3.05) is 25.5 Å². The molecule has 2 N–H and O–H groups in total. The van der Waals surface area contributed by atoms with Crippen molar-refractivity contribution in [3.63, 3.8) is 0 Å². The summed E-state index contributed by atoms with van der Waals surface area (Å²) in [6.45, 7) is 1.52. The van der Waals surface area contributed by atoms with Gasteiger partial charge in [-0.05, 0) is 36.4 Å². The minimum atomic E-state index is -0.161. The maximum atomic E-state index is 12.6. The van der Waals surface area contributed by atoms with Crippen LogP contribution >= 0.6 is 22.9 Å². The van der Waals surface area contributed by atoms with Gasteiger partial charge in [0.15, 0.2) is 0 Å². The number of aliphatic imine (C=N–C) groups is 1. The van der Waals surface area contributed by atoms with E-state index in [1.54, 1.807) is 0 Å². The van der Waals surface area contributed by atoms with E-state index in [4.69, 9.17) is 11.6 Å². The van der Waals surface area contributed by atoms with E-state index >= 15 is 0 Å². The number of para-hydroxylation sites is 1. The molecule has 7 nitrogen and oxygen atoms in total. The van der Waals surface area contributed by atoms with Crippen molar-refractivity contribution in [3.05, 3.63) is 70.0 Å². The lowest BCUT2D eigenvalue weighted by atomic mass is 10.2. The molecule has 0 bridgehead atoms. The zero-order valence-corrected chi connectivity index (χ0v) is 18.2. The minimum Gasteiger partial charge on any atom is -0.354 e. The van der Waals surface area contributed by atoms with Crippen LogP contribution in [0.15, 0.2) is 65.1 Å². The number of amides is 1. The van der Waals surface area contributed by atoms with E-state index in [9.17, 15) is 4.79 Å². The number of fused-ring (bicyclic) bond motifs is 1. The first-order valence-electron chi connectivity index (χ1n) is 9.74. The third-order valence-electron chi connectivity index (χ3n) is 5.06. The predicted octanol–water partition coefficient (Wildman–Crippen LogP) is 4.52. The number of benzene rings is 2. The van der Waals surface area contributed by atoms with Gasteiger partial charge in [0.2, 0.25) is 5.96 Å². The third-order valence-corrected chi connectivity index (χ3v) is 6.30. The number of nitrogens with one attached hydrogen (secondary N) is 2. The van der Waals surface area contributed by atoms with Crippen molar-refractivity contribution < 1.29 is 4.79 Å². The topological polar surface area (TPSA) is 74.5 Å². The summed E-state index contributed by atoms with van der Waals surface area (Å²) in [6, 6.07) is 15.5. The molecule has 0 spiro atoms. The normalized spacial score (nSPS) is 13.5. The largest absolute Gasteiger partial charge is 0.354 e. The van der Waals surface area contributed by atoms with E-state index in [1.807, 2.05) is 76.7 Å². The molecule has 5 rings (SSSR count). The predicted molar refractivity (Wildman–Crippen MR) is 126 cm³/mol. The number of carbonyl (C=O) groups is 1. The molecule has 2 aromatic carbocycles. The SMILES string of the molecule is CN1CCN=C1NC(=O)c1cc(-n2ncc3cc(Nc4ccccc4Cl)ccc32)cs1. The van der Waals surface area contributed by atoms with E-state index in [0.717, 1.165) is 34.5 Å². The van der Waals surface area contributed by atoms with E-state index in [0.29, 0.717) is 22.4 Å². The zero-order valence-electron chi connectivity index (χ0n) is 16.7. The van der Waals surface area contributed by atoms with Gasteiger partial charge in [-0.25, -0.2) is 4.68 Å². The van der Waals surface area contributed by atoms with Gasteiger partial charge in [0, 0.05) is 30.0 Å². The van der Waals surface area contributed by atoms with Crippen molar-refractivity contribution in [1.82, 2.24) is 20.0 Å². The molecule has 3 heterocycles. The molecule has 156 valence electrons. The summed E-state index contributed by atoms with van der Waals surface area (Å²) in [7, 11) is 1.91. The van der Waals surface area contributed by atoms with Crippen LogP contribution in [0, 0.1) is 0 Å². The number of thiophene rings is 1. The molecule has 0 unspecified atom stereocenters. The number of hydrogen-bond donors (Lipinski definition) is 2. The summed E-state index contributed by atoms with van der Waals surface area (Å²) in [5.74, 6) is 0.453. The zero-order chi connectivity index (χ0) is 21.4. The van der Waals surface area contributed by atoms with Crippen LogP contribution < -0.4 is 10.6 Å². The number of nitrogens with zero attached hydrogens (tertiary/aromatic N) is 4. The van der Waals surface area contributed by atoms with Gasteiger partial charge in [0.25, 0.3) is 5.91 Å². The van der Waals surface area contributed by atoms with E-state index < -0.39 is 0 Å². The Balaban J connectivity index is 1.37. The Bertz CT molecular complexity index is 1310. The van der Waals surface area contributed by atoms with Crippen LogP contribution in [0.25, 0.3) is 16.6 Å². The van der Waals surface area contributed by atoms with Crippen molar-refractivity contribution in [2.45, 2.75) is 0 Å². The lowest BCUT2D eigenvalue weighted by Crippen LogP contribution is -2.39. The second-order valence-electron chi connectivity index (χ2n) is 7.18. The average molecular weight is 451 g/mol. The standard InChI is InChI=1S/C22H19ClN6OS/c1-28-9-8-24-22(28)27-21(30)20-11-16(13-31-20)29-19-7-6-15(10-14(19)12-25-29)26-18-5-3-2-4-17(18)23/h2-7,10-13,26H,8-9H2,1H3,(H,24,27,30). The molecule has 1 aliphatic heterocycles. The van der Waals surface area contributed by atoms with Crippen LogP contribution in [0.5, 0.6) is 0 Å². The van der Waals surface area contributed by atoms with Crippen LogP contribution in [0.2, 0.25) is 5.02 Å². The lowest BCUT2D eigenvalue weighted by molar-refractivity contribution is 0.0977. The molecule has 1 aliphatic rings. The fourth-order valence-electron chi connectivity index (χ4n) is 3.42. The third kappa shape index (κ3) is 3.87. The van der Waals surface area contributed by atoms with E-state index in [2.05, 4.69) is 20.7 Å². The molecule has 4 aromatic rings. The number of guanidine groups is 1. The highest BCUT2D eigenvalue weighted by Gasteiger charge is 2.18. The Kier molecular flexibility index (Phi) is 5.09. The van der Waals surface area contributed by atoms with Gasteiger partial charge < -0.3 is 10.2 Å². The number of aromatic nitrogens is 2. The molecule has 0 radical (unpaired) electrons. The van der Waals surface area contributed by atoms with Crippen LogP contribution in [0.1, 0.15) is 9.67 Å². The molecule has 0 atom stereocenters. The quantitative estimate of drug-likeness (QED) is 0.479. The molecular weight excluding hydrogens is 432 g/mol. The number of anilines is 2. The fourth-order valence-corrected chi connectivity index (χ4v) is 4.37. The second-order valence-corrected chi connectivity index (χ2v) is 8.50. The van der Waals surface area contributed by atoms with Gasteiger partial charge in [-0.2, -0.15) is 5.10 Å². The highest BCUT2D eigenvalue weighted by Crippen LogP contribution is 2.28. The van der Waals surface area contributed by atoms with E-state index in [1.165, 1.54) is 11.3 Å². The molecule has 0 fully saturated rings. The van der Waals surface area contributed by atoms with Gasteiger partial charge in [-0.3, -0.25) is 15.1 Å². The Hall–Kier alpha value is -3.36. The molecule has 31 heavy (non-hydrogen) atoms. The highest BCUT2D eigenvalue weighted by atomic mass is 35.5. The number of halogens is 1. The minimum absolute atomic E-state index is 0.161.